The van der Waals surface area contributed by atoms with Gasteiger partial charge in [0.15, 0.2) is 0 Å². The molecule has 1 atom stereocenters. The van der Waals surface area contributed by atoms with Crippen molar-refractivity contribution >= 4 is 40.2 Å². The van der Waals surface area contributed by atoms with Crippen LogP contribution in [-0.2, 0) is 4.79 Å². The number of carbonyl (C=O) groups excluding carboxylic acids is 2. The average Bonchev–Trinajstić information content (AvgIpc) is 2.87. The number of para-hydroxylation sites is 1. The molecule has 2 rings (SSSR count). The molecule has 0 spiro atoms. The van der Waals surface area contributed by atoms with Gasteiger partial charge in [-0.3, -0.25) is 19.7 Å². The first-order valence-corrected chi connectivity index (χ1v) is 6.87. The molecule has 1 aliphatic rings. The third-order valence-corrected chi connectivity index (χ3v) is 4.00. The van der Waals surface area contributed by atoms with Crippen LogP contribution in [0.15, 0.2) is 24.3 Å². The highest BCUT2D eigenvalue weighted by Crippen LogP contribution is 2.27. The first kappa shape index (κ1) is 13.8. The van der Waals surface area contributed by atoms with E-state index in [0.717, 1.165) is 0 Å². The molecule has 19 heavy (non-hydrogen) atoms. The van der Waals surface area contributed by atoms with E-state index in [1.807, 2.05) is 0 Å². The molecule has 1 aliphatic heterocycles. The number of benzene rings is 1. The van der Waals surface area contributed by atoms with Gasteiger partial charge in [0.2, 0.25) is 5.24 Å². The summed E-state index contributed by atoms with van der Waals surface area (Å²) in [6.45, 7) is 0. The van der Waals surface area contributed by atoms with E-state index in [1.165, 1.54) is 34.9 Å². The van der Waals surface area contributed by atoms with Crippen LogP contribution in [0.1, 0.15) is 10.4 Å². The van der Waals surface area contributed by atoms with Gasteiger partial charge in [-0.2, -0.15) is 0 Å². The van der Waals surface area contributed by atoms with Crippen LogP contribution in [0.4, 0.5) is 5.69 Å². The van der Waals surface area contributed by atoms with Gasteiger partial charge >= 0.3 is 0 Å². The SMILES string of the molecule is O=C(Cl)C1CSCN1C(=O)c1ccccc1[N+](=O)[O-]. The summed E-state index contributed by atoms with van der Waals surface area (Å²) < 4.78 is 0. The van der Waals surface area contributed by atoms with Crippen LogP contribution in [-0.4, -0.2) is 38.6 Å². The van der Waals surface area contributed by atoms with Gasteiger partial charge in [-0.1, -0.05) is 12.1 Å². The van der Waals surface area contributed by atoms with Crippen molar-refractivity contribution in [1.29, 1.82) is 0 Å². The molecule has 1 fully saturated rings. The molecule has 1 aromatic rings. The summed E-state index contributed by atoms with van der Waals surface area (Å²) in [5, 5.41) is 10.3. The number of nitro groups is 1. The maximum Gasteiger partial charge on any atom is 0.282 e. The Labute approximate surface area is 117 Å². The number of nitrogens with zero attached hydrogens (tertiary/aromatic N) is 2. The molecular weight excluding hydrogens is 292 g/mol. The highest BCUT2D eigenvalue weighted by Gasteiger charge is 2.36. The van der Waals surface area contributed by atoms with Crippen LogP contribution < -0.4 is 0 Å². The van der Waals surface area contributed by atoms with Crippen LogP contribution in [0.2, 0.25) is 0 Å². The summed E-state index contributed by atoms with van der Waals surface area (Å²) in [4.78, 5) is 35.1. The molecule has 1 heterocycles. The third kappa shape index (κ3) is 2.71. The number of halogens is 1. The molecule has 0 aliphatic carbocycles. The number of amides is 1. The van der Waals surface area contributed by atoms with Gasteiger partial charge in [0, 0.05) is 11.8 Å². The van der Waals surface area contributed by atoms with E-state index in [2.05, 4.69) is 0 Å². The molecule has 0 radical (unpaired) electrons. The number of nitro benzene ring substituents is 1. The largest absolute Gasteiger partial charge is 0.317 e. The highest BCUT2D eigenvalue weighted by atomic mass is 35.5. The lowest BCUT2D eigenvalue weighted by Crippen LogP contribution is -2.40. The van der Waals surface area contributed by atoms with Gasteiger partial charge in [0.25, 0.3) is 11.6 Å². The highest BCUT2D eigenvalue weighted by molar-refractivity contribution is 7.99. The van der Waals surface area contributed by atoms with Crippen molar-refractivity contribution in [2.24, 2.45) is 0 Å². The first-order valence-electron chi connectivity index (χ1n) is 5.34. The quantitative estimate of drug-likeness (QED) is 0.483. The van der Waals surface area contributed by atoms with Crippen molar-refractivity contribution < 1.29 is 14.5 Å². The molecular formula is C11H9ClN2O4S. The third-order valence-electron chi connectivity index (χ3n) is 2.74. The van der Waals surface area contributed by atoms with Gasteiger partial charge in [-0.15, -0.1) is 11.8 Å². The summed E-state index contributed by atoms with van der Waals surface area (Å²) in [5.41, 5.74) is -0.303. The standard InChI is InChI=1S/C11H9ClN2O4S/c12-10(15)9-5-19-6-13(9)11(16)7-3-1-2-4-8(7)14(17)18/h1-4,9H,5-6H2. The summed E-state index contributed by atoms with van der Waals surface area (Å²) in [7, 11) is 0. The number of rotatable bonds is 3. The Morgan fingerprint density at radius 3 is 2.74 bits per heavy atom. The minimum atomic E-state index is -0.723. The van der Waals surface area contributed by atoms with Gasteiger partial charge < -0.3 is 4.90 Å². The summed E-state index contributed by atoms with van der Waals surface area (Å²) in [6, 6.07) is 4.94. The van der Waals surface area contributed by atoms with Gasteiger partial charge in [-0.25, -0.2) is 0 Å². The molecule has 100 valence electrons. The fourth-order valence-electron chi connectivity index (χ4n) is 1.80. The summed E-state index contributed by atoms with van der Waals surface area (Å²) in [6.07, 6.45) is 0. The predicted molar refractivity (Wildman–Crippen MR) is 71.2 cm³/mol. The molecule has 1 saturated heterocycles. The van der Waals surface area contributed by atoms with E-state index in [4.69, 9.17) is 11.6 Å². The molecule has 6 nitrogen and oxygen atoms in total. The lowest BCUT2D eigenvalue weighted by Gasteiger charge is -2.20. The van der Waals surface area contributed by atoms with Crippen molar-refractivity contribution in [3.63, 3.8) is 0 Å². The topological polar surface area (TPSA) is 80.5 Å². The van der Waals surface area contributed by atoms with Crippen molar-refractivity contribution in [2.75, 3.05) is 11.6 Å². The maximum absolute atomic E-state index is 12.3. The molecule has 0 N–H and O–H groups in total. The van der Waals surface area contributed by atoms with E-state index in [9.17, 15) is 19.7 Å². The van der Waals surface area contributed by atoms with Gasteiger partial charge in [-0.05, 0) is 17.7 Å². The molecule has 1 unspecified atom stereocenters. The zero-order valence-electron chi connectivity index (χ0n) is 9.61. The zero-order chi connectivity index (χ0) is 14.0. The maximum atomic E-state index is 12.3. The normalized spacial score (nSPS) is 18.4. The van der Waals surface area contributed by atoms with Crippen molar-refractivity contribution in [3.05, 3.63) is 39.9 Å². The van der Waals surface area contributed by atoms with Crippen molar-refractivity contribution in [3.8, 4) is 0 Å². The fraction of sp³-hybridized carbons (Fsp3) is 0.273. The minimum absolute atomic E-state index is 0.0297. The Balaban J connectivity index is 2.34. The second-order valence-electron chi connectivity index (χ2n) is 3.87. The Morgan fingerprint density at radius 2 is 2.11 bits per heavy atom. The monoisotopic (exact) mass is 300 g/mol. The van der Waals surface area contributed by atoms with Gasteiger partial charge in [0.05, 0.1) is 10.8 Å². The molecule has 0 saturated carbocycles. The van der Waals surface area contributed by atoms with Crippen molar-refractivity contribution in [2.45, 2.75) is 6.04 Å². The number of carbonyl (C=O) groups is 2. The lowest BCUT2D eigenvalue weighted by molar-refractivity contribution is -0.385. The van der Waals surface area contributed by atoms with Gasteiger partial charge in [0.1, 0.15) is 11.6 Å². The lowest BCUT2D eigenvalue weighted by atomic mass is 10.1. The fourth-order valence-corrected chi connectivity index (χ4v) is 3.24. The smallest absolute Gasteiger partial charge is 0.282 e. The Bertz CT molecular complexity index is 551. The Morgan fingerprint density at radius 1 is 1.42 bits per heavy atom. The van der Waals surface area contributed by atoms with Crippen LogP contribution in [0.3, 0.4) is 0 Å². The van der Waals surface area contributed by atoms with E-state index in [0.29, 0.717) is 11.6 Å². The second kappa shape index (κ2) is 5.58. The molecule has 1 amide bonds. The molecule has 0 aromatic heterocycles. The van der Waals surface area contributed by atoms with E-state index in [1.54, 1.807) is 6.07 Å². The van der Waals surface area contributed by atoms with E-state index < -0.39 is 22.1 Å². The van der Waals surface area contributed by atoms with Crippen LogP contribution >= 0.6 is 23.4 Å². The number of thioether (sulfide) groups is 1. The zero-order valence-corrected chi connectivity index (χ0v) is 11.2. The van der Waals surface area contributed by atoms with Crippen LogP contribution in [0.5, 0.6) is 0 Å². The first-order chi connectivity index (χ1) is 9.02. The van der Waals surface area contributed by atoms with Crippen molar-refractivity contribution in [1.82, 2.24) is 4.90 Å². The van der Waals surface area contributed by atoms with Crippen LogP contribution in [0, 0.1) is 10.1 Å². The van der Waals surface area contributed by atoms with E-state index >= 15 is 0 Å². The minimum Gasteiger partial charge on any atom is -0.317 e. The summed E-state index contributed by atoms with van der Waals surface area (Å²) >= 11 is 6.82. The average molecular weight is 301 g/mol. The molecule has 8 heteroatoms. The Kier molecular flexibility index (Phi) is 4.06. The summed E-state index contributed by atoms with van der Waals surface area (Å²) in [5.74, 6) is 0.166. The Hall–Kier alpha value is -1.60. The predicted octanol–water partition coefficient (Wildman–Crippen LogP) is 1.88. The number of hydrogen-bond donors (Lipinski definition) is 0. The van der Waals surface area contributed by atoms with E-state index in [-0.39, 0.29) is 11.3 Å². The van der Waals surface area contributed by atoms with Crippen LogP contribution in [0.25, 0.3) is 0 Å². The molecule has 0 bridgehead atoms. The molecule has 1 aromatic carbocycles. The number of hydrogen-bond acceptors (Lipinski definition) is 5. The second-order valence-corrected chi connectivity index (χ2v) is 5.24.